The van der Waals surface area contributed by atoms with E-state index in [1.54, 1.807) is 13.2 Å². The molecule has 0 aliphatic carbocycles. The third-order valence-electron chi connectivity index (χ3n) is 4.70. The zero-order valence-corrected chi connectivity index (χ0v) is 18.4. The molecular formula is C26H30N2O4. The van der Waals surface area contributed by atoms with Crippen LogP contribution in [0.2, 0.25) is 0 Å². The summed E-state index contributed by atoms with van der Waals surface area (Å²) in [5.74, 6) is 1.37. The van der Waals surface area contributed by atoms with E-state index >= 15 is 0 Å². The first-order chi connectivity index (χ1) is 15.7. The van der Waals surface area contributed by atoms with E-state index in [4.69, 9.17) is 14.2 Å². The molecule has 0 radical (unpaired) electrons. The fraction of sp³-hybridized carbons (Fsp3) is 0.269. The SMILES string of the molecule is COCCOc1cccc(NC(=O)CNc2ccc(OCCCc3ccccc3)cc2)c1. The average molecular weight is 435 g/mol. The molecule has 32 heavy (non-hydrogen) atoms. The molecule has 0 unspecified atom stereocenters. The lowest BCUT2D eigenvalue weighted by molar-refractivity contribution is -0.114. The van der Waals surface area contributed by atoms with Gasteiger partial charge in [0, 0.05) is 24.6 Å². The van der Waals surface area contributed by atoms with Gasteiger partial charge in [0.25, 0.3) is 0 Å². The van der Waals surface area contributed by atoms with Crippen LogP contribution >= 0.6 is 0 Å². The van der Waals surface area contributed by atoms with Crippen molar-refractivity contribution in [1.29, 1.82) is 0 Å². The Labute approximate surface area is 189 Å². The van der Waals surface area contributed by atoms with Crippen molar-refractivity contribution in [1.82, 2.24) is 0 Å². The predicted molar refractivity (Wildman–Crippen MR) is 128 cm³/mol. The molecule has 0 aliphatic rings. The van der Waals surface area contributed by atoms with Gasteiger partial charge >= 0.3 is 0 Å². The molecule has 0 aliphatic heterocycles. The number of hydrogen-bond acceptors (Lipinski definition) is 5. The van der Waals surface area contributed by atoms with Crippen LogP contribution in [0.3, 0.4) is 0 Å². The van der Waals surface area contributed by atoms with Gasteiger partial charge in [-0.05, 0) is 54.8 Å². The van der Waals surface area contributed by atoms with Crippen molar-refractivity contribution >= 4 is 17.3 Å². The Kier molecular flexibility index (Phi) is 9.42. The Morgan fingerprint density at radius 3 is 2.34 bits per heavy atom. The Hall–Kier alpha value is -3.51. The molecule has 3 aromatic carbocycles. The third-order valence-corrected chi connectivity index (χ3v) is 4.70. The maximum Gasteiger partial charge on any atom is 0.243 e. The van der Waals surface area contributed by atoms with Crippen LogP contribution < -0.4 is 20.1 Å². The predicted octanol–water partition coefficient (Wildman–Crippen LogP) is 4.77. The van der Waals surface area contributed by atoms with E-state index in [-0.39, 0.29) is 12.5 Å². The lowest BCUT2D eigenvalue weighted by atomic mass is 10.1. The summed E-state index contributed by atoms with van der Waals surface area (Å²) in [6.45, 7) is 1.80. The van der Waals surface area contributed by atoms with Crippen molar-refractivity contribution in [3.8, 4) is 11.5 Å². The van der Waals surface area contributed by atoms with Crippen LogP contribution in [0, 0.1) is 0 Å². The van der Waals surface area contributed by atoms with Crippen molar-refractivity contribution < 1.29 is 19.0 Å². The topological polar surface area (TPSA) is 68.8 Å². The minimum atomic E-state index is -0.139. The van der Waals surface area contributed by atoms with Gasteiger partial charge in [-0.15, -0.1) is 0 Å². The number of nitrogens with one attached hydrogen (secondary N) is 2. The largest absolute Gasteiger partial charge is 0.494 e. The molecule has 6 heteroatoms. The molecule has 2 N–H and O–H groups in total. The Balaban J connectivity index is 1.36. The van der Waals surface area contributed by atoms with Gasteiger partial charge in [-0.2, -0.15) is 0 Å². The first-order valence-electron chi connectivity index (χ1n) is 10.8. The zero-order chi connectivity index (χ0) is 22.4. The number of aryl methyl sites for hydroxylation is 1. The molecule has 0 aromatic heterocycles. The number of methoxy groups -OCH3 is 1. The molecule has 1 amide bonds. The first-order valence-corrected chi connectivity index (χ1v) is 10.8. The molecule has 168 valence electrons. The zero-order valence-electron chi connectivity index (χ0n) is 18.4. The standard InChI is InChI=1S/C26H30N2O4/c1-30-17-18-32-25-11-5-10-23(19-25)28-26(29)20-27-22-12-14-24(15-13-22)31-16-6-9-21-7-3-2-4-8-21/h2-5,7-8,10-15,19,27H,6,9,16-18,20H2,1H3,(H,28,29). The summed E-state index contributed by atoms with van der Waals surface area (Å²) in [6, 6.07) is 25.3. The molecule has 0 spiro atoms. The normalized spacial score (nSPS) is 10.4. The van der Waals surface area contributed by atoms with Crippen molar-refractivity contribution in [2.75, 3.05) is 44.1 Å². The van der Waals surface area contributed by atoms with E-state index in [1.165, 1.54) is 5.56 Å². The maximum absolute atomic E-state index is 12.3. The average Bonchev–Trinajstić information content (AvgIpc) is 2.82. The van der Waals surface area contributed by atoms with Gasteiger partial charge in [-0.1, -0.05) is 36.4 Å². The first kappa shape index (κ1) is 23.2. The summed E-state index contributed by atoms with van der Waals surface area (Å²) in [6.07, 6.45) is 1.96. The molecule has 0 saturated carbocycles. The number of rotatable bonds is 13. The summed E-state index contributed by atoms with van der Waals surface area (Å²) < 4.78 is 16.3. The van der Waals surface area contributed by atoms with Crippen molar-refractivity contribution in [2.24, 2.45) is 0 Å². The van der Waals surface area contributed by atoms with E-state index in [9.17, 15) is 4.79 Å². The molecule has 6 nitrogen and oxygen atoms in total. The maximum atomic E-state index is 12.3. The van der Waals surface area contributed by atoms with E-state index in [1.807, 2.05) is 48.5 Å². The molecular weight excluding hydrogens is 404 g/mol. The molecule has 0 atom stereocenters. The van der Waals surface area contributed by atoms with Crippen LogP contribution in [-0.2, 0) is 16.0 Å². The van der Waals surface area contributed by atoms with Crippen molar-refractivity contribution in [3.05, 3.63) is 84.4 Å². The third kappa shape index (κ3) is 8.32. The highest BCUT2D eigenvalue weighted by molar-refractivity contribution is 5.93. The second-order valence-corrected chi connectivity index (χ2v) is 7.23. The van der Waals surface area contributed by atoms with Gasteiger partial charge in [0.15, 0.2) is 0 Å². The molecule has 0 bridgehead atoms. The molecule has 0 fully saturated rings. The Morgan fingerprint density at radius 2 is 1.56 bits per heavy atom. The minimum absolute atomic E-state index is 0.139. The number of carbonyl (C=O) groups is 1. The molecule has 3 aromatic rings. The summed E-state index contributed by atoms with van der Waals surface area (Å²) in [5.41, 5.74) is 2.86. The van der Waals surface area contributed by atoms with Crippen LogP contribution in [0.5, 0.6) is 11.5 Å². The summed E-state index contributed by atoms with van der Waals surface area (Å²) in [7, 11) is 1.63. The van der Waals surface area contributed by atoms with Gasteiger partial charge in [0.2, 0.25) is 5.91 Å². The van der Waals surface area contributed by atoms with Crippen molar-refractivity contribution in [2.45, 2.75) is 12.8 Å². The van der Waals surface area contributed by atoms with Crippen LogP contribution in [0.1, 0.15) is 12.0 Å². The quantitative estimate of drug-likeness (QED) is 0.379. The highest BCUT2D eigenvalue weighted by Gasteiger charge is 2.04. The summed E-state index contributed by atoms with van der Waals surface area (Å²) in [4.78, 5) is 12.3. The van der Waals surface area contributed by atoms with E-state index < -0.39 is 0 Å². The van der Waals surface area contributed by atoms with Crippen molar-refractivity contribution in [3.63, 3.8) is 0 Å². The Morgan fingerprint density at radius 1 is 0.781 bits per heavy atom. The van der Waals surface area contributed by atoms with Gasteiger partial charge in [-0.25, -0.2) is 0 Å². The fourth-order valence-electron chi connectivity index (χ4n) is 3.07. The van der Waals surface area contributed by atoms with E-state index in [2.05, 4.69) is 34.9 Å². The van der Waals surface area contributed by atoms with Gasteiger partial charge < -0.3 is 24.8 Å². The number of anilines is 2. The highest BCUT2D eigenvalue weighted by atomic mass is 16.5. The van der Waals surface area contributed by atoms with Crippen LogP contribution in [0.15, 0.2) is 78.9 Å². The van der Waals surface area contributed by atoms with Gasteiger partial charge in [-0.3, -0.25) is 4.79 Å². The van der Waals surface area contributed by atoms with Crippen LogP contribution in [0.25, 0.3) is 0 Å². The number of amides is 1. The van der Waals surface area contributed by atoms with Gasteiger partial charge in [0.05, 0.1) is 19.8 Å². The van der Waals surface area contributed by atoms with Crippen LogP contribution in [0.4, 0.5) is 11.4 Å². The number of ether oxygens (including phenoxy) is 3. The highest BCUT2D eigenvalue weighted by Crippen LogP contribution is 2.18. The monoisotopic (exact) mass is 434 g/mol. The molecule has 0 heterocycles. The number of hydrogen-bond donors (Lipinski definition) is 2. The number of carbonyl (C=O) groups excluding carboxylic acids is 1. The Bertz CT molecular complexity index is 946. The lowest BCUT2D eigenvalue weighted by Gasteiger charge is -2.11. The molecule has 3 rings (SSSR count). The number of benzene rings is 3. The second-order valence-electron chi connectivity index (χ2n) is 7.23. The summed E-state index contributed by atoms with van der Waals surface area (Å²) >= 11 is 0. The minimum Gasteiger partial charge on any atom is -0.494 e. The lowest BCUT2D eigenvalue weighted by Crippen LogP contribution is -2.21. The fourth-order valence-corrected chi connectivity index (χ4v) is 3.07. The summed E-state index contributed by atoms with van der Waals surface area (Å²) in [5, 5.41) is 5.99. The smallest absolute Gasteiger partial charge is 0.243 e. The van der Waals surface area contributed by atoms with Gasteiger partial charge in [0.1, 0.15) is 18.1 Å². The van der Waals surface area contributed by atoms with E-state index in [0.29, 0.717) is 31.3 Å². The van der Waals surface area contributed by atoms with E-state index in [0.717, 1.165) is 24.3 Å². The molecule has 0 saturated heterocycles. The van der Waals surface area contributed by atoms with Crippen LogP contribution in [-0.4, -0.2) is 39.4 Å². The second kappa shape index (κ2) is 13.0.